The summed E-state index contributed by atoms with van der Waals surface area (Å²) in [6, 6.07) is 18.1. The Balaban J connectivity index is 1.27. The van der Waals surface area contributed by atoms with Gasteiger partial charge in [0, 0.05) is 25.6 Å². The fourth-order valence-electron chi connectivity index (χ4n) is 5.33. The van der Waals surface area contributed by atoms with Crippen LogP contribution in [0, 0.1) is 0 Å². The molecule has 7 nitrogen and oxygen atoms in total. The second kappa shape index (κ2) is 10.1. The molecule has 5 rings (SSSR count). The van der Waals surface area contributed by atoms with Crippen LogP contribution in [0.4, 0.5) is 0 Å². The monoisotopic (exact) mass is 461 g/mol. The van der Waals surface area contributed by atoms with Crippen LogP contribution in [0.3, 0.4) is 0 Å². The molecule has 3 heterocycles. The van der Waals surface area contributed by atoms with Crippen molar-refractivity contribution < 1.29 is 19.4 Å². The Morgan fingerprint density at radius 1 is 1.00 bits per heavy atom. The smallest absolute Gasteiger partial charge is 0.242 e. The summed E-state index contributed by atoms with van der Waals surface area (Å²) < 4.78 is 5.36. The van der Waals surface area contributed by atoms with E-state index >= 15 is 0 Å². The molecule has 3 fully saturated rings. The lowest BCUT2D eigenvalue weighted by molar-refractivity contribution is -0.167. The first kappa shape index (κ1) is 22.8. The molecule has 0 unspecified atom stereocenters. The van der Waals surface area contributed by atoms with Crippen LogP contribution in [-0.4, -0.2) is 96.2 Å². The standard InChI is InChI=1S/C27H31N3O4/c31-19-24-27(22-10-8-21(9-11-22)7-6-20-4-2-1-3-5-20)23-16-29(18-26(33)30(23)24)25(32)17-28-12-14-34-15-13-28/h1-11,23-24,27,31H,12-19H2/b7-6+/t23-,24+,27-/m0/s1. The van der Waals surface area contributed by atoms with Crippen molar-refractivity contribution in [1.82, 2.24) is 14.7 Å². The molecule has 0 aromatic heterocycles. The summed E-state index contributed by atoms with van der Waals surface area (Å²) in [7, 11) is 0. The molecule has 178 valence electrons. The van der Waals surface area contributed by atoms with Crippen LogP contribution in [-0.2, 0) is 14.3 Å². The number of nitrogens with zero attached hydrogens (tertiary/aromatic N) is 3. The molecular formula is C27H31N3O4. The van der Waals surface area contributed by atoms with Crippen LogP contribution in [0.1, 0.15) is 22.6 Å². The highest BCUT2D eigenvalue weighted by Gasteiger charge is 2.54. The number of amides is 2. The SMILES string of the molecule is O=C(CN1CCOCC1)N1CC(=O)N2[C@H](CO)[C@@H](c3ccc(/C=C/c4ccccc4)cc3)[C@@H]2C1. The minimum Gasteiger partial charge on any atom is -0.394 e. The number of fused-ring (bicyclic) bond motifs is 1. The van der Waals surface area contributed by atoms with Gasteiger partial charge in [-0.3, -0.25) is 14.5 Å². The van der Waals surface area contributed by atoms with E-state index in [-0.39, 0.29) is 43.0 Å². The largest absolute Gasteiger partial charge is 0.394 e. The molecule has 0 aliphatic carbocycles. The molecule has 3 atom stereocenters. The zero-order valence-electron chi connectivity index (χ0n) is 19.3. The predicted molar refractivity (Wildman–Crippen MR) is 130 cm³/mol. The van der Waals surface area contributed by atoms with E-state index in [9.17, 15) is 14.7 Å². The van der Waals surface area contributed by atoms with E-state index < -0.39 is 0 Å². The molecule has 2 amide bonds. The molecule has 3 aliphatic heterocycles. The molecule has 2 aromatic rings. The van der Waals surface area contributed by atoms with E-state index in [1.54, 1.807) is 9.80 Å². The average molecular weight is 462 g/mol. The maximum Gasteiger partial charge on any atom is 0.242 e. The van der Waals surface area contributed by atoms with Crippen LogP contribution >= 0.6 is 0 Å². The van der Waals surface area contributed by atoms with E-state index in [1.165, 1.54) is 0 Å². The van der Waals surface area contributed by atoms with Crippen molar-refractivity contribution in [2.24, 2.45) is 0 Å². The second-order valence-corrected chi connectivity index (χ2v) is 9.22. The minimum atomic E-state index is -0.236. The molecule has 7 heteroatoms. The number of carbonyl (C=O) groups excluding carboxylic acids is 2. The summed E-state index contributed by atoms with van der Waals surface area (Å²) in [5.74, 6) is -0.0770. The van der Waals surface area contributed by atoms with Crippen LogP contribution in [0.25, 0.3) is 12.2 Å². The summed E-state index contributed by atoms with van der Waals surface area (Å²) in [4.78, 5) is 31.4. The molecule has 1 N–H and O–H groups in total. The first-order chi connectivity index (χ1) is 16.6. The van der Waals surface area contributed by atoms with Gasteiger partial charge in [-0.15, -0.1) is 0 Å². The van der Waals surface area contributed by atoms with Gasteiger partial charge < -0.3 is 19.6 Å². The summed E-state index contributed by atoms with van der Waals surface area (Å²) in [6.07, 6.45) is 4.15. The zero-order valence-corrected chi connectivity index (χ0v) is 19.3. The number of benzene rings is 2. The van der Waals surface area contributed by atoms with Gasteiger partial charge in [0.25, 0.3) is 0 Å². The van der Waals surface area contributed by atoms with Crippen LogP contribution in [0.2, 0.25) is 0 Å². The van der Waals surface area contributed by atoms with Crippen molar-refractivity contribution in [3.63, 3.8) is 0 Å². The van der Waals surface area contributed by atoms with Crippen molar-refractivity contribution in [3.05, 3.63) is 71.3 Å². The van der Waals surface area contributed by atoms with Gasteiger partial charge in [0.05, 0.1) is 45.0 Å². The molecule has 3 saturated heterocycles. The summed E-state index contributed by atoms with van der Waals surface area (Å²) in [5.41, 5.74) is 3.32. The maximum absolute atomic E-state index is 12.9. The Morgan fingerprint density at radius 2 is 1.68 bits per heavy atom. The highest BCUT2D eigenvalue weighted by molar-refractivity contribution is 5.88. The van der Waals surface area contributed by atoms with Crippen LogP contribution in [0.15, 0.2) is 54.6 Å². The van der Waals surface area contributed by atoms with Gasteiger partial charge in [0.1, 0.15) is 0 Å². The highest BCUT2D eigenvalue weighted by atomic mass is 16.5. The second-order valence-electron chi connectivity index (χ2n) is 9.22. The van der Waals surface area contributed by atoms with Crippen molar-refractivity contribution in [1.29, 1.82) is 0 Å². The van der Waals surface area contributed by atoms with Gasteiger partial charge in [0.2, 0.25) is 11.8 Å². The van der Waals surface area contributed by atoms with E-state index in [0.717, 1.165) is 29.8 Å². The lowest BCUT2D eigenvalue weighted by atomic mass is 9.73. The molecule has 34 heavy (non-hydrogen) atoms. The average Bonchev–Trinajstić information content (AvgIpc) is 2.86. The third kappa shape index (κ3) is 4.64. The Kier molecular flexibility index (Phi) is 6.76. The van der Waals surface area contributed by atoms with Crippen LogP contribution in [0.5, 0.6) is 0 Å². The third-order valence-corrected chi connectivity index (χ3v) is 7.16. The first-order valence-corrected chi connectivity index (χ1v) is 12.0. The lowest BCUT2D eigenvalue weighted by Crippen LogP contribution is -2.73. The summed E-state index contributed by atoms with van der Waals surface area (Å²) in [6.45, 7) is 3.59. The molecular weight excluding hydrogens is 430 g/mol. The number of aliphatic hydroxyl groups excluding tert-OH is 1. The van der Waals surface area contributed by atoms with Gasteiger partial charge >= 0.3 is 0 Å². The predicted octanol–water partition coefficient (Wildman–Crippen LogP) is 1.69. The van der Waals surface area contributed by atoms with E-state index in [4.69, 9.17) is 4.74 Å². The van der Waals surface area contributed by atoms with Gasteiger partial charge in [0.15, 0.2) is 0 Å². The highest BCUT2D eigenvalue weighted by Crippen LogP contribution is 2.43. The number of piperazine rings is 1. The van der Waals surface area contributed by atoms with Crippen molar-refractivity contribution in [3.8, 4) is 0 Å². The third-order valence-electron chi connectivity index (χ3n) is 7.16. The van der Waals surface area contributed by atoms with Crippen LogP contribution < -0.4 is 0 Å². The number of rotatable bonds is 6. The van der Waals surface area contributed by atoms with Gasteiger partial charge in [-0.1, -0.05) is 66.7 Å². The molecule has 0 spiro atoms. The summed E-state index contributed by atoms with van der Waals surface area (Å²) >= 11 is 0. The van der Waals surface area contributed by atoms with Crippen molar-refractivity contribution >= 4 is 24.0 Å². The number of hydrogen-bond donors (Lipinski definition) is 1. The maximum atomic E-state index is 12.9. The molecule has 2 aromatic carbocycles. The topological polar surface area (TPSA) is 73.3 Å². The zero-order chi connectivity index (χ0) is 23.5. The molecule has 0 bridgehead atoms. The lowest BCUT2D eigenvalue weighted by Gasteiger charge is -2.58. The normalized spacial score (nSPS) is 25.3. The first-order valence-electron chi connectivity index (χ1n) is 12.0. The Hall–Kier alpha value is -3.00. The number of ether oxygens (including phenoxy) is 1. The van der Waals surface area contributed by atoms with E-state index in [2.05, 4.69) is 53.5 Å². The quantitative estimate of drug-likeness (QED) is 0.663. The number of aliphatic hydroxyl groups is 1. The number of carbonyl (C=O) groups is 2. The molecule has 0 saturated carbocycles. The number of hydrogen-bond acceptors (Lipinski definition) is 5. The van der Waals surface area contributed by atoms with Gasteiger partial charge in [-0.25, -0.2) is 0 Å². The Morgan fingerprint density at radius 3 is 2.35 bits per heavy atom. The fourth-order valence-corrected chi connectivity index (χ4v) is 5.33. The van der Waals surface area contributed by atoms with E-state index in [0.29, 0.717) is 26.3 Å². The fraction of sp³-hybridized carbons (Fsp3) is 0.407. The van der Waals surface area contributed by atoms with Gasteiger partial charge in [-0.05, 0) is 16.7 Å². The summed E-state index contributed by atoms with van der Waals surface area (Å²) in [5, 5.41) is 10.0. The molecule has 3 aliphatic rings. The van der Waals surface area contributed by atoms with Crippen molar-refractivity contribution in [2.75, 3.05) is 52.5 Å². The molecule has 0 radical (unpaired) electrons. The Labute approximate surface area is 200 Å². The van der Waals surface area contributed by atoms with E-state index in [1.807, 2.05) is 18.2 Å². The Bertz CT molecular complexity index is 1030. The van der Waals surface area contributed by atoms with Gasteiger partial charge in [-0.2, -0.15) is 0 Å². The minimum absolute atomic E-state index is 0.0116. The van der Waals surface area contributed by atoms with Crippen molar-refractivity contribution in [2.45, 2.75) is 18.0 Å². The number of morpholine rings is 1.